The smallest absolute Gasteiger partial charge is 0.307 e. The number of anilines is 1. The molecule has 24 heavy (non-hydrogen) atoms. The van der Waals surface area contributed by atoms with E-state index in [0.29, 0.717) is 12.3 Å². The van der Waals surface area contributed by atoms with E-state index in [9.17, 15) is 31.1 Å². The molecule has 0 aliphatic heterocycles. The zero-order chi connectivity index (χ0) is 18.1. The second kappa shape index (κ2) is 6.10. The van der Waals surface area contributed by atoms with Crippen LogP contribution in [0, 0.1) is 6.92 Å². The number of nitrogens with one attached hydrogen (secondary N) is 1. The van der Waals surface area contributed by atoms with E-state index in [1.54, 1.807) is 0 Å². The number of carbonyl (C=O) groups is 1. The van der Waals surface area contributed by atoms with E-state index in [0.717, 1.165) is 18.2 Å². The van der Waals surface area contributed by atoms with Crippen molar-refractivity contribution in [3.8, 4) is 0 Å². The number of nitrogens with zero attached hydrogens (tertiary/aromatic N) is 2. The summed E-state index contributed by atoms with van der Waals surface area (Å²) in [5.41, 5.74) is -2.46. The van der Waals surface area contributed by atoms with Gasteiger partial charge >= 0.3 is 12.4 Å². The van der Waals surface area contributed by atoms with Crippen LogP contribution in [0.4, 0.5) is 32.2 Å². The van der Waals surface area contributed by atoms with Crippen LogP contribution in [0.25, 0.3) is 0 Å². The number of amides is 1. The Morgan fingerprint density at radius 1 is 1.00 bits per heavy atom. The van der Waals surface area contributed by atoms with Crippen LogP contribution >= 0.6 is 0 Å². The Morgan fingerprint density at radius 3 is 2.12 bits per heavy atom. The SMILES string of the molecule is Cc1nc(C(F)(F)F)ccc1C(=O)Nc1ccc(C(F)(F)F)cn1. The quantitative estimate of drug-likeness (QED) is 0.832. The van der Waals surface area contributed by atoms with Crippen LogP contribution in [0.1, 0.15) is 27.3 Å². The molecule has 0 unspecified atom stereocenters. The van der Waals surface area contributed by atoms with Crippen LogP contribution < -0.4 is 5.32 Å². The van der Waals surface area contributed by atoms with Crippen molar-refractivity contribution in [2.75, 3.05) is 5.32 Å². The highest BCUT2D eigenvalue weighted by Crippen LogP contribution is 2.29. The summed E-state index contributed by atoms with van der Waals surface area (Å²) in [5.74, 6) is -1.01. The zero-order valence-electron chi connectivity index (χ0n) is 12.0. The first-order chi connectivity index (χ1) is 11.0. The zero-order valence-corrected chi connectivity index (χ0v) is 12.0. The van der Waals surface area contributed by atoms with Gasteiger partial charge < -0.3 is 5.32 Å². The van der Waals surface area contributed by atoms with Gasteiger partial charge in [0.1, 0.15) is 11.5 Å². The molecule has 2 rings (SSSR count). The molecule has 0 radical (unpaired) electrons. The Balaban J connectivity index is 2.18. The average molecular weight is 349 g/mol. The molecule has 2 aromatic rings. The van der Waals surface area contributed by atoms with E-state index in [-0.39, 0.29) is 17.1 Å². The average Bonchev–Trinajstić information content (AvgIpc) is 2.45. The number of rotatable bonds is 2. The molecule has 1 N–H and O–H groups in total. The first-order valence-electron chi connectivity index (χ1n) is 6.38. The van der Waals surface area contributed by atoms with Crippen LogP contribution in [-0.4, -0.2) is 15.9 Å². The summed E-state index contributed by atoms with van der Waals surface area (Å²) in [5, 5.41) is 2.20. The van der Waals surface area contributed by atoms with Crippen molar-refractivity contribution < 1.29 is 31.1 Å². The predicted molar refractivity (Wildman–Crippen MR) is 71.2 cm³/mol. The monoisotopic (exact) mass is 349 g/mol. The number of hydrogen-bond acceptors (Lipinski definition) is 3. The van der Waals surface area contributed by atoms with Crippen molar-refractivity contribution >= 4 is 11.7 Å². The molecule has 0 atom stereocenters. The second-order valence-electron chi connectivity index (χ2n) is 4.71. The third-order valence-corrected chi connectivity index (χ3v) is 2.95. The molecule has 0 spiro atoms. The van der Waals surface area contributed by atoms with E-state index in [4.69, 9.17) is 0 Å². The number of aryl methyl sites for hydroxylation is 1. The summed E-state index contributed by atoms with van der Waals surface area (Å²) in [6.07, 6.45) is -8.67. The van der Waals surface area contributed by atoms with Crippen LogP contribution in [0.3, 0.4) is 0 Å². The summed E-state index contributed by atoms with van der Waals surface area (Å²) >= 11 is 0. The Labute approximate surface area is 131 Å². The Bertz CT molecular complexity index is 753. The van der Waals surface area contributed by atoms with Crippen LogP contribution in [0.2, 0.25) is 0 Å². The molecule has 0 saturated carbocycles. The van der Waals surface area contributed by atoms with E-state index >= 15 is 0 Å². The summed E-state index contributed by atoms with van der Waals surface area (Å²) in [7, 11) is 0. The summed E-state index contributed by atoms with van der Waals surface area (Å²) in [6, 6.07) is 3.24. The summed E-state index contributed by atoms with van der Waals surface area (Å²) in [6.45, 7) is 1.21. The number of alkyl halides is 6. The van der Waals surface area contributed by atoms with Gasteiger partial charge in [0, 0.05) is 6.20 Å². The van der Waals surface area contributed by atoms with Crippen molar-refractivity contribution in [3.05, 3.63) is 53.0 Å². The molecule has 0 aromatic carbocycles. The number of aromatic nitrogens is 2. The molecule has 1 amide bonds. The lowest BCUT2D eigenvalue weighted by Gasteiger charge is -2.11. The minimum Gasteiger partial charge on any atom is -0.307 e. The highest BCUT2D eigenvalue weighted by atomic mass is 19.4. The Hall–Kier alpha value is -2.65. The third kappa shape index (κ3) is 4.00. The maximum Gasteiger partial charge on any atom is 0.433 e. The first-order valence-corrected chi connectivity index (χ1v) is 6.38. The van der Waals surface area contributed by atoms with Crippen molar-refractivity contribution in [1.29, 1.82) is 0 Å². The highest BCUT2D eigenvalue weighted by Gasteiger charge is 2.33. The summed E-state index contributed by atoms with van der Waals surface area (Å²) in [4.78, 5) is 18.7. The van der Waals surface area contributed by atoms with E-state index < -0.39 is 29.5 Å². The Kier molecular flexibility index (Phi) is 4.50. The maximum absolute atomic E-state index is 12.5. The van der Waals surface area contributed by atoms with Gasteiger partial charge in [0.2, 0.25) is 0 Å². The fourth-order valence-corrected chi connectivity index (χ4v) is 1.78. The van der Waals surface area contributed by atoms with Gasteiger partial charge in [-0.1, -0.05) is 0 Å². The number of pyridine rings is 2. The highest BCUT2D eigenvalue weighted by molar-refractivity contribution is 6.04. The molecular weight excluding hydrogens is 340 g/mol. The minimum atomic E-state index is -4.64. The molecule has 10 heteroatoms. The first kappa shape index (κ1) is 17.7. The van der Waals surface area contributed by atoms with Gasteiger partial charge in [0.05, 0.1) is 16.8 Å². The second-order valence-corrected chi connectivity index (χ2v) is 4.71. The summed E-state index contributed by atoms with van der Waals surface area (Å²) < 4.78 is 74.8. The molecule has 0 aliphatic carbocycles. The molecule has 0 aliphatic rings. The van der Waals surface area contributed by atoms with Crippen molar-refractivity contribution in [1.82, 2.24) is 9.97 Å². The Morgan fingerprint density at radius 2 is 1.67 bits per heavy atom. The van der Waals surface area contributed by atoms with Crippen molar-refractivity contribution in [3.63, 3.8) is 0 Å². The minimum absolute atomic E-state index is 0.148. The maximum atomic E-state index is 12.5. The van der Waals surface area contributed by atoms with Gasteiger partial charge in [-0.25, -0.2) is 9.97 Å². The van der Waals surface area contributed by atoms with Gasteiger partial charge in [-0.15, -0.1) is 0 Å². The van der Waals surface area contributed by atoms with Gasteiger partial charge in [-0.3, -0.25) is 4.79 Å². The lowest BCUT2D eigenvalue weighted by molar-refractivity contribution is -0.141. The van der Waals surface area contributed by atoms with E-state index in [1.807, 2.05) is 0 Å². The third-order valence-electron chi connectivity index (χ3n) is 2.95. The van der Waals surface area contributed by atoms with Crippen LogP contribution in [-0.2, 0) is 12.4 Å². The fraction of sp³-hybridized carbons (Fsp3) is 0.214. The molecule has 128 valence electrons. The number of carbonyl (C=O) groups excluding carboxylic acids is 1. The molecule has 2 heterocycles. The molecule has 2 aromatic heterocycles. The molecule has 4 nitrogen and oxygen atoms in total. The van der Waals surface area contributed by atoms with Gasteiger partial charge in [-0.2, -0.15) is 26.3 Å². The largest absolute Gasteiger partial charge is 0.433 e. The molecular formula is C14H9F6N3O. The molecule has 0 fully saturated rings. The lowest BCUT2D eigenvalue weighted by Crippen LogP contribution is -2.17. The van der Waals surface area contributed by atoms with E-state index in [2.05, 4.69) is 15.3 Å². The molecule has 0 saturated heterocycles. The van der Waals surface area contributed by atoms with Gasteiger partial charge in [-0.05, 0) is 31.2 Å². The van der Waals surface area contributed by atoms with Crippen LogP contribution in [0.5, 0.6) is 0 Å². The fourth-order valence-electron chi connectivity index (χ4n) is 1.78. The topological polar surface area (TPSA) is 54.9 Å². The van der Waals surface area contributed by atoms with Gasteiger partial charge in [0.25, 0.3) is 5.91 Å². The lowest BCUT2D eigenvalue weighted by atomic mass is 10.1. The normalized spacial score (nSPS) is 12.1. The predicted octanol–water partition coefficient (Wildman–Crippen LogP) is 4.07. The van der Waals surface area contributed by atoms with Gasteiger partial charge in [0.15, 0.2) is 0 Å². The number of halogens is 6. The van der Waals surface area contributed by atoms with E-state index in [1.165, 1.54) is 6.92 Å². The van der Waals surface area contributed by atoms with Crippen molar-refractivity contribution in [2.24, 2.45) is 0 Å². The van der Waals surface area contributed by atoms with Crippen LogP contribution in [0.15, 0.2) is 30.5 Å². The molecule has 0 bridgehead atoms. The number of hydrogen-bond donors (Lipinski definition) is 1. The standard InChI is InChI=1S/C14H9F6N3O/c1-7-9(3-4-10(22-7)14(18,19)20)12(24)23-11-5-2-8(6-21-11)13(15,16)17/h2-6H,1H3,(H,21,23,24). The van der Waals surface area contributed by atoms with Crippen molar-refractivity contribution in [2.45, 2.75) is 19.3 Å².